The van der Waals surface area contributed by atoms with E-state index in [4.69, 9.17) is 4.74 Å². The van der Waals surface area contributed by atoms with E-state index >= 15 is 0 Å². The van der Waals surface area contributed by atoms with Gasteiger partial charge < -0.3 is 4.74 Å². The molecule has 1 amide bonds. The van der Waals surface area contributed by atoms with E-state index in [0.717, 1.165) is 22.9 Å². The Bertz CT molecular complexity index is 984. The fourth-order valence-corrected chi connectivity index (χ4v) is 4.09. The molecule has 0 aliphatic carbocycles. The number of carbonyl (C=O) groups excluding carboxylic acids is 2. The van der Waals surface area contributed by atoms with Crippen molar-refractivity contribution >= 4 is 38.9 Å². The molecule has 1 aromatic heterocycles. The number of ketones is 1. The maximum atomic E-state index is 13.2. The lowest BCUT2D eigenvalue weighted by Gasteiger charge is -2.23. The normalized spacial score (nSPS) is 16.6. The molecule has 0 saturated carbocycles. The highest BCUT2D eigenvalue weighted by Gasteiger charge is 2.36. The van der Waals surface area contributed by atoms with Gasteiger partial charge in [0.1, 0.15) is 6.61 Å². The predicted octanol–water partition coefficient (Wildman–Crippen LogP) is 4.78. The van der Waals surface area contributed by atoms with E-state index in [1.54, 1.807) is 14.7 Å². The molecule has 27 heavy (non-hydrogen) atoms. The third-order valence-electron chi connectivity index (χ3n) is 4.93. The molecule has 2 heterocycles. The highest BCUT2D eigenvalue weighted by Crippen LogP contribution is 2.28. The second-order valence-corrected chi connectivity index (χ2v) is 7.39. The van der Waals surface area contributed by atoms with Gasteiger partial charge in [0.25, 0.3) is 0 Å². The van der Waals surface area contributed by atoms with Crippen molar-refractivity contribution in [1.29, 1.82) is 0 Å². The maximum Gasteiger partial charge on any atom is 0.410 e. The number of amides is 1. The molecule has 0 radical (unpaired) electrons. The topological polar surface area (TPSA) is 51.5 Å². The Kier molecular flexibility index (Phi) is 4.99. The largest absolute Gasteiger partial charge is 0.445 e. The van der Waals surface area contributed by atoms with Crippen LogP contribution in [-0.4, -0.2) is 33.0 Å². The van der Waals surface area contributed by atoms with E-state index in [1.807, 2.05) is 54.6 Å². The van der Waals surface area contributed by atoms with Crippen molar-refractivity contribution in [2.45, 2.75) is 25.5 Å². The molecule has 1 saturated heterocycles. The molecule has 1 aliphatic rings. The lowest BCUT2D eigenvalue weighted by atomic mass is 10.0. The van der Waals surface area contributed by atoms with Gasteiger partial charge in [-0.2, -0.15) is 0 Å². The summed E-state index contributed by atoms with van der Waals surface area (Å²) in [6, 6.07) is 16.8. The van der Waals surface area contributed by atoms with Crippen molar-refractivity contribution in [3.05, 3.63) is 71.9 Å². The number of benzene rings is 2. The number of fused-ring (bicyclic) bond motifs is 1. The second kappa shape index (κ2) is 7.56. The summed E-state index contributed by atoms with van der Waals surface area (Å²) in [7, 11) is 0. The number of halogens is 1. The van der Waals surface area contributed by atoms with Gasteiger partial charge in [-0.15, -0.1) is 0 Å². The average Bonchev–Trinajstić information content (AvgIpc) is 3.32. The number of aromatic nitrogens is 1. The van der Waals surface area contributed by atoms with Crippen LogP contribution >= 0.6 is 16.1 Å². The minimum absolute atomic E-state index is 0.0430. The summed E-state index contributed by atoms with van der Waals surface area (Å²) in [6.45, 7) is 0.745. The zero-order valence-electron chi connectivity index (χ0n) is 14.7. The molecule has 0 N–H and O–H groups in total. The smallest absolute Gasteiger partial charge is 0.410 e. The monoisotopic (exact) mass is 426 g/mol. The first-order chi connectivity index (χ1) is 13.1. The van der Waals surface area contributed by atoms with E-state index < -0.39 is 12.1 Å². The van der Waals surface area contributed by atoms with E-state index in [0.29, 0.717) is 18.5 Å². The van der Waals surface area contributed by atoms with Crippen molar-refractivity contribution in [2.75, 3.05) is 6.54 Å². The van der Waals surface area contributed by atoms with Gasteiger partial charge in [-0.1, -0.05) is 48.5 Å². The Labute approximate surface area is 165 Å². The fraction of sp³-hybridized carbons (Fsp3) is 0.238. The van der Waals surface area contributed by atoms with Crippen LogP contribution in [0.5, 0.6) is 0 Å². The van der Waals surface area contributed by atoms with Crippen LogP contribution in [0, 0.1) is 0 Å². The number of para-hydroxylation sites is 1. The molecule has 5 nitrogen and oxygen atoms in total. The number of hydrogen-bond acceptors (Lipinski definition) is 3. The summed E-state index contributed by atoms with van der Waals surface area (Å²) in [5, 5.41) is 0.879. The third-order valence-corrected chi connectivity index (χ3v) is 5.51. The highest BCUT2D eigenvalue weighted by molar-refractivity contribution is 9.08. The molecule has 3 aromatic rings. The van der Waals surface area contributed by atoms with Crippen molar-refractivity contribution in [2.24, 2.45) is 0 Å². The van der Waals surface area contributed by atoms with Crippen LogP contribution in [0.2, 0.25) is 0 Å². The first-order valence-corrected chi connectivity index (χ1v) is 9.64. The van der Waals surface area contributed by atoms with Crippen LogP contribution in [0.25, 0.3) is 10.9 Å². The number of likely N-dealkylation sites (tertiary alicyclic amines) is 1. The van der Waals surface area contributed by atoms with Gasteiger partial charge in [0.05, 0.1) is 27.7 Å². The van der Waals surface area contributed by atoms with Crippen molar-refractivity contribution < 1.29 is 14.3 Å². The van der Waals surface area contributed by atoms with Gasteiger partial charge in [0.2, 0.25) is 0 Å². The molecule has 138 valence electrons. The third kappa shape index (κ3) is 3.49. The number of hydrogen-bond donors (Lipinski definition) is 0. The summed E-state index contributed by atoms with van der Waals surface area (Å²) < 4.78 is 7.21. The molecule has 0 bridgehead atoms. The second-order valence-electron chi connectivity index (χ2n) is 6.63. The van der Waals surface area contributed by atoms with Crippen LogP contribution in [0.4, 0.5) is 4.79 Å². The molecule has 1 atom stereocenters. The fourth-order valence-electron chi connectivity index (χ4n) is 3.58. The zero-order chi connectivity index (χ0) is 18.8. The van der Waals surface area contributed by atoms with E-state index in [-0.39, 0.29) is 12.4 Å². The van der Waals surface area contributed by atoms with Crippen LogP contribution in [-0.2, 0) is 11.3 Å². The Balaban J connectivity index is 1.52. The summed E-state index contributed by atoms with van der Waals surface area (Å²) >= 11 is 3.45. The van der Waals surface area contributed by atoms with Crippen LogP contribution in [0.3, 0.4) is 0 Å². The molecule has 1 unspecified atom stereocenters. The van der Waals surface area contributed by atoms with Gasteiger partial charge in [-0.3, -0.25) is 13.3 Å². The van der Waals surface area contributed by atoms with Gasteiger partial charge in [-0.25, -0.2) is 4.79 Å². The van der Waals surface area contributed by atoms with E-state index in [1.165, 1.54) is 0 Å². The Hall–Kier alpha value is -2.60. The van der Waals surface area contributed by atoms with Crippen LogP contribution in [0.15, 0.2) is 60.8 Å². The van der Waals surface area contributed by atoms with Crippen molar-refractivity contribution in [1.82, 2.24) is 8.49 Å². The van der Waals surface area contributed by atoms with Gasteiger partial charge in [0.15, 0.2) is 5.78 Å². The molecule has 1 fully saturated rings. The van der Waals surface area contributed by atoms with Crippen LogP contribution in [0.1, 0.15) is 28.8 Å². The van der Waals surface area contributed by atoms with E-state index in [9.17, 15) is 9.59 Å². The minimum atomic E-state index is -0.480. The molecule has 1 aliphatic heterocycles. The number of rotatable bonds is 4. The quantitative estimate of drug-likeness (QED) is 0.563. The van der Waals surface area contributed by atoms with Crippen molar-refractivity contribution in [3.63, 3.8) is 0 Å². The number of ether oxygens (including phenoxy) is 1. The summed E-state index contributed by atoms with van der Waals surface area (Å²) in [5.74, 6) is -0.0430. The van der Waals surface area contributed by atoms with Gasteiger partial charge in [-0.05, 0) is 24.5 Å². The Morgan fingerprint density at radius 2 is 1.81 bits per heavy atom. The first kappa shape index (κ1) is 17.8. The standard InChI is InChI=1S/C21H19BrN2O3/c22-24-13-17(16-9-4-5-10-18(16)24)20(25)19-11-6-12-23(19)21(26)27-14-15-7-2-1-3-8-15/h1-5,7-10,13,19H,6,11-12,14H2. The predicted molar refractivity (Wildman–Crippen MR) is 107 cm³/mol. The lowest BCUT2D eigenvalue weighted by Crippen LogP contribution is -2.40. The first-order valence-electron chi connectivity index (χ1n) is 8.93. The number of nitrogens with zero attached hydrogens (tertiary/aromatic N) is 2. The highest BCUT2D eigenvalue weighted by atomic mass is 79.9. The Morgan fingerprint density at radius 1 is 1.07 bits per heavy atom. The molecule has 6 heteroatoms. The van der Waals surface area contributed by atoms with Gasteiger partial charge >= 0.3 is 6.09 Å². The molecule has 2 aromatic carbocycles. The van der Waals surface area contributed by atoms with Crippen LogP contribution < -0.4 is 0 Å². The molecular weight excluding hydrogens is 408 g/mol. The van der Waals surface area contributed by atoms with E-state index in [2.05, 4.69) is 16.1 Å². The average molecular weight is 427 g/mol. The molecule has 0 spiro atoms. The summed E-state index contributed by atoms with van der Waals surface area (Å²) in [6.07, 6.45) is 2.79. The molecular formula is C21H19BrN2O3. The lowest BCUT2D eigenvalue weighted by molar-refractivity contribution is 0.0739. The van der Waals surface area contributed by atoms with Gasteiger partial charge in [0, 0.05) is 23.7 Å². The molecule has 4 rings (SSSR count). The summed E-state index contributed by atoms with van der Waals surface area (Å²) in [4.78, 5) is 27.3. The Morgan fingerprint density at radius 3 is 2.63 bits per heavy atom. The SMILES string of the molecule is O=C(c1cn(Br)c2ccccc12)C1CCCN1C(=O)OCc1ccccc1. The number of carbonyl (C=O) groups is 2. The maximum absolute atomic E-state index is 13.2. The number of Topliss-reactive ketones (excluding diaryl/α,β-unsaturated/α-hetero) is 1. The van der Waals surface area contributed by atoms with Crippen molar-refractivity contribution in [3.8, 4) is 0 Å². The zero-order valence-corrected chi connectivity index (χ0v) is 16.3. The minimum Gasteiger partial charge on any atom is -0.445 e. The summed E-state index contributed by atoms with van der Waals surface area (Å²) in [5.41, 5.74) is 2.47.